The Morgan fingerprint density at radius 1 is 1.28 bits per heavy atom. The fraction of sp³-hybridized carbons (Fsp3) is 0.600. The van der Waals surface area contributed by atoms with Crippen LogP contribution in [0.4, 0.5) is 4.39 Å². The first-order chi connectivity index (χ1) is 8.66. The van der Waals surface area contributed by atoms with Crippen molar-refractivity contribution in [3.05, 3.63) is 35.6 Å². The summed E-state index contributed by atoms with van der Waals surface area (Å²) in [5, 5.41) is 13.4. The van der Waals surface area contributed by atoms with Crippen LogP contribution >= 0.6 is 0 Å². The van der Waals surface area contributed by atoms with E-state index in [-0.39, 0.29) is 5.82 Å². The van der Waals surface area contributed by atoms with Crippen molar-refractivity contribution in [2.75, 3.05) is 6.54 Å². The molecule has 0 saturated heterocycles. The van der Waals surface area contributed by atoms with E-state index in [1.807, 2.05) is 0 Å². The van der Waals surface area contributed by atoms with Gasteiger partial charge in [-0.2, -0.15) is 0 Å². The van der Waals surface area contributed by atoms with Gasteiger partial charge in [0.15, 0.2) is 0 Å². The molecular formula is C15H22FNO. The molecule has 1 aromatic carbocycles. The molecule has 0 aromatic heterocycles. The van der Waals surface area contributed by atoms with Crippen LogP contribution in [0.3, 0.4) is 0 Å². The number of aliphatic hydroxyl groups excluding tert-OH is 1. The van der Waals surface area contributed by atoms with Gasteiger partial charge in [-0.15, -0.1) is 0 Å². The Labute approximate surface area is 108 Å². The van der Waals surface area contributed by atoms with Crippen LogP contribution in [0.25, 0.3) is 0 Å². The monoisotopic (exact) mass is 251 g/mol. The summed E-state index contributed by atoms with van der Waals surface area (Å²) in [6.45, 7) is 2.72. The van der Waals surface area contributed by atoms with Gasteiger partial charge in [-0.25, -0.2) is 4.39 Å². The first-order valence-electron chi connectivity index (χ1n) is 6.83. The highest BCUT2D eigenvalue weighted by atomic mass is 19.1. The molecule has 0 heterocycles. The van der Waals surface area contributed by atoms with E-state index in [9.17, 15) is 9.50 Å². The minimum atomic E-state index is -0.561. The Bertz CT molecular complexity index is 359. The largest absolute Gasteiger partial charge is 0.387 e. The second-order valence-corrected chi connectivity index (χ2v) is 5.31. The molecule has 0 aliphatic heterocycles. The van der Waals surface area contributed by atoms with E-state index in [1.165, 1.54) is 37.8 Å². The van der Waals surface area contributed by atoms with Crippen LogP contribution in [0, 0.1) is 11.7 Å². The van der Waals surface area contributed by atoms with Crippen molar-refractivity contribution in [3.8, 4) is 0 Å². The van der Waals surface area contributed by atoms with Crippen LogP contribution in [-0.4, -0.2) is 17.7 Å². The number of benzene rings is 1. The van der Waals surface area contributed by atoms with Gasteiger partial charge in [-0.3, -0.25) is 0 Å². The minimum absolute atomic E-state index is 0.266. The Morgan fingerprint density at radius 2 is 1.89 bits per heavy atom. The number of nitrogens with one attached hydrogen (secondary N) is 1. The highest BCUT2D eigenvalue weighted by Crippen LogP contribution is 2.27. The summed E-state index contributed by atoms with van der Waals surface area (Å²) in [6, 6.07) is 6.50. The van der Waals surface area contributed by atoms with Gasteiger partial charge in [0.05, 0.1) is 6.10 Å². The first-order valence-corrected chi connectivity index (χ1v) is 6.83. The van der Waals surface area contributed by atoms with Gasteiger partial charge in [0.25, 0.3) is 0 Å². The van der Waals surface area contributed by atoms with E-state index < -0.39 is 6.10 Å². The summed E-state index contributed by atoms with van der Waals surface area (Å²) in [4.78, 5) is 0. The van der Waals surface area contributed by atoms with Gasteiger partial charge in [-0.05, 0) is 43.4 Å². The maximum Gasteiger partial charge on any atom is 0.123 e. The molecule has 2 N–H and O–H groups in total. The van der Waals surface area contributed by atoms with Gasteiger partial charge in [0, 0.05) is 12.6 Å². The second-order valence-electron chi connectivity index (χ2n) is 5.31. The summed E-state index contributed by atoms with van der Waals surface area (Å²) in [5.74, 6) is 0.476. The van der Waals surface area contributed by atoms with Crippen LogP contribution in [0.1, 0.15) is 44.3 Å². The molecule has 0 spiro atoms. The Hall–Kier alpha value is -0.930. The highest BCUT2D eigenvalue weighted by Gasteiger charge is 2.21. The predicted octanol–water partition coefficient (Wildman–Crippen LogP) is 3.03. The van der Waals surface area contributed by atoms with Gasteiger partial charge in [0.1, 0.15) is 5.82 Å². The zero-order valence-electron chi connectivity index (χ0n) is 10.9. The topological polar surface area (TPSA) is 32.3 Å². The van der Waals surface area contributed by atoms with Crippen LogP contribution in [0.5, 0.6) is 0 Å². The molecule has 1 saturated carbocycles. The minimum Gasteiger partial charge on any atom is -0.387 e. The van der Waals surface area contributed by atoms with Gasteiger partial charge in [0.2, 0.25) is 0 Å². The van der Waals surface area contributed by atoms with Gasteiger partial charge >= 0.3 is 0 Å². The molecule has 1 aliphatic carbocycles. The van der Waals surface area contributed by atoms with Crippen molar-refractivity contribution in [3.63, 3.8) is 0 Å². The highest BCUT2D eigenvalue weighted by molar-refractivity contribution is 5.18. The summed E-state index contributed by atoms with van der Waals surface area (Å²) in [5.41, 5.74) is 0.766. The molecule has 1 aromatic rings. The second kappa shape index (κ2) is 6.30. The van der Waals surface area contributed by atoms with E-state index >= 15 is 0 Å². The van der Waals surface area contributed by atoms with E-state index in [1.54, 1.807) is 12.1 Å². The molecule has 1 unspecified atom stereocenters. The number of hydrogen-bond acceptors (Lipinski definition) is 2. The van der Waals surface area contributed by atoms with Crippen molar-refractivity contribution < 1.29 is 9.50 Å². The van der Waals surface area contributed by atoms with Crippen LogP contribution in [0.2, 0.25) is 0 Å². The summed E-state index contributed by atoms with van der Waals surface area (Å²) < 4.78 is 12.8. The number of hydrogen-bond donors (Lipinski definition) is 2. The fourth-order valence-corrected chi connectivity index (χ4v) is 2.72. The summed E-state index contributed by atoms with van der Waals surface area (Å²) >= 11 is 0. The lowest BCUT2D eigenvalue weighted by molar-refractivity contribution is 0.165. The SMILES string of the molecule is C[C@@H](NCC(O)c1ccc(F)cc1)C1CCCC1. The smallest absolute Gasteiger partial charge is 0.123 e. The lowest BCUT2D eigenvalue weighted by atomic mass is 9.99. The summed E-state index contributed by atoms with van der Waals surface area (Å²) in [7, 11) is 0. The third-order valence-electron chi connectivity index (χ3n) is 3.99. The van der Waals surface area contributed by atoms with Gasteiger partial charge in [-0.1, -0.05) is 25.0 Å². The van der Waals surface area contributed by atoms with E-state index in [4.69, 9.17) is 0 Å². The molecule has 18 heavy (non-hydrogen) atoms. The van der Waals surface area contributed by atoms with Crippen LogP contribution in [0.15, 0.2) is 24.3 Å². The Morgan fingerprint density at radius 3 is 2.50 bits per heavy atom. The lowest BCUT2D eigenvalue weighted by Gasteiger charge is -2.22. The maximum atomic E-state index is 12.8. The zero-order chi connectivity index (χ0) is 13.0. The van der Waals surface area contributed by atoms with E-state index in [2.05, 4.69) is 12.2 Å². The average molecular weight is 251 g/mol. The van der Waals surface area contributed by atoms with E-state index in [0.717, 1.165) is 11.5 Å². The van der Waals surface area contributed by atoms with Crippen molar-refractivity contribution >= 4 is 0 Å². The molecule has 0 amide bonds. The molecule has 1 aliphatic rings. The van der Waals surface area contributed by atoms with Crippen molar-refractivity contribution in [1.82, 2.24) is 5.32 Å². The zero-order valence-corrected chi connectivity index (χ0v) is 10.9. The summed E-state index contributed by atoms with van der Waals surface area (Å²) in [6.07, 6.45) is 4.69. The molecule has 100 valence electrons. The van der Waals surface area contributed by atoms with Crippen molar-refractivity contribution in [2.24, 2.45) is 5.92 Å². The number of aliphatic hydroxyl groups is 1. The maximum absolute atomic E-state index is 12.8. The normalized spacial score (nSPS) is 19.9. The van der Waals surface area contributed by atoms with Crippen LogP contribution < -0.4 is 5.32 Å². The van der Waals surface area contributed by atoms with E-state index in [0.29, 0.717) is 12.6 Å². The number of halogens is 1. The molecular weight excluding hydrogens is 229 g/mol. The first kappa shape index (κ1) is 13.5. The molecule has 0 bridgehead atoms. The number of rotatable bonds is 5. The molecule has 0 radical (unpaired) electrons. The van der Waals surface area contributed by atoms with Crippen molar-refractivity contribution in [2.45, 2.75) is 44.8 Å². The fourth-order valence-electron chi connectivity index (χ4n) is 2.72. The third-order valence-corrected chi connectivity index (χ3v) is 3.99. The quantitative estimate of drug-likeness (QED) is 0.843. The molecule has 2 rings (SSSR count). The average Bonchev–Trinajstić information content (AvgIpc) is 2.90. The Balaban J connectivity index is 1.80. The standard InChI is InChI=1S/C15H22FNO/c1-11(12-4-2-3-5-12)17-10-15(18)13-6-8-14(16)9-7-13/h6-9,11-12,15,17-18H,2-5,10H2,1H3/t11-,15?/m1/s1. The van der Waals surface area contributed by atoms with Crippen LogP contribution in [-0.2, 0) is 0 Å². The predicted molar refractivity (Wildman–Crippen MR) is 70.8 cm³/mol. The molecule has 2 nitrogen and oxygen atoms in total. The van der Waals surface area contributed by atoms with Gasteiger partial charge < -0.3 is 10.4 Å². The Kier molecular flexibility index (Phi) is 4.72. The molecule has 3 heteroatoms. The molecule has 2 atom stereocenters. The lowest BCUT2D eigenvalue weighted by Crippen LogP contribution is -2.35. The third kappa shape index (κ3) is 3.53. The molecule has 1 fully saturated rings. The van der Waals surface area contributed by atoms with Crippen molar-refractivity contribution in [1.29, 1.82) is 0 Å².